The number of rotatable bonds is 6. The van der Waals surface area contributed by atoms with Crippen molar-refractivity contribution in [1.82, 2.24) is 10.9 Å². The van der Waals surface area contributed by atoms with Crippen molar-refractivity contribution in [3.63, 3.8) is 0 Å². The summed E-state index contributed by atoms with van der Waals surface area (Å²) in [6, 6.07) is 0. The lowest BCUT2D eigenvalue weighted by atomic mass is 10.3. The van der Waals surface area contributed by atoms with Crippen molar-refractivity contribution in [3.8, 4) is 0 Å². The molecular weight excluding hydrogens is 228 g/mol. The lowest BCUT2D eigenvalue weighted by molar-refractivity contribution is -0.146. The van der Waals surface area contributed by atoms with Crippen LogP contribution in [0.3, 0.4) is 0 Å². The molecule has 0 heterocycles. The van der Waals surface area contributed by atoms with Crippen LogP contribution in [0.5, 0.6) is 0 Å². The highest BCUT2D eigenvalue weighted by atomic mass is 16.6. The van der Waals surface area contributed by atoms with Crippen LogP contribution in [0, 0.1) is 0 Å². The summed E-state index contributed by atoms with van der Waals surface area (Å²) in [7, 11) is 0. The van der Waals surface area contributed by atoms with Gasteiger partial charge in [0.05, 0.1) is 13.2 Å². The Morgan fingerprint density at radius 2 is 1.53 bits per heavy atom. The maximum Gasteiger partial charge on any atom is 0.347 e. The van der Waals surface area contributed by atoms with E-state index in [0.29, 0.717) is 0 Å². The van der Waals surface area contributed by atoms with Gasteiger partial charge in [-0.25, -0.2) is 9.59 Å². The van der Waals surface area contributed by atoms with Gasteiger partial charge >= 0.3 is 11.9 Å². The fraction of sp³-hybridized carbons (Fsp3) is 0.500. The zero-order chi connectivity index (χ0) is 13.3. The second-order valence-corrected chi connectivity index (χ2v) is 2.82. The molecule has 0 aliphatic rings. The van der Waals surface area contributed by atoms with E-state index in [1.807, 2.05) is 0 Å². The van der Waals surface area contributed by atoms with Crippen LogP contribution >= 0.6 is 0 Å². The molecule has 0 aromatic rings. The maximum absolute atomic E-state index is 11.4. The van der Waals surface area contributed by atoms with Gasteiger partial charge in [-0.2, -0.15) is 0 Å². The lowest BCUT2D eigenvalue weighted by Crippen LogP contribution is -2.33. The molecule has 0 aromatic heterocycles. The molecule has 0 fully saturated rings. The van der Waals surface area contributed by atoms with Crippen LogP contribution in [0.2, 0.25) is 0 Å². The van der Waals surface area contributed by atoms with Crippen LogP contribution in [-0.4, -0.2) is 31.1 Å². The van der Waals surface area contributed by atoms with Gasteiger partial charge in [0.25, 0.3) is 0 Å². The van der Waals surface area contributed by atoms with Crippen molar-refractivity contribution in [2.24, 2.45) is 0 Å². The molecule has 7 heteroatoms. The Hall–Kier alpha value is -2.05. The standard InChI is InChI=1S/C10H16N2O5/c1-4-16-9(14)8(10(15)17-5-2)6-11-12-7(3)13/h6,11H,4-5H2,1-3H3,(H,12,13). The molecule has 17 heavy (non-hydrogen) atoms. The molecule has 96 valence electrons. The van der Waals surface area contributed by atoms with Crippen molar-refractivity contribution in [3.05, 3.63) is 11.8 Å². The molecule has 0 saturated heterocycles. The Balaban J connectivity index is 4.65. The van der Waals surface area contributed by atoms with Crippen molar-refractivity contribution in [1.29, 1.82) is 0 Å². The molecule has 0 aromatic carbocycles. The van der Waals surface area contributed by atoms with E-state index in [1.54, 1.807) is 13.8 Å². The average Bonchev–Trinajstić information content (AvgIpc) is 2.24. The van der Waals surface area contributed by atoms with Gasteiger partial charge in [-0.3, -0.25) is 10.2 Å². The molecule has 0 unspecified atom stereocenters. The number of hydrazine groups is 1. The quantitative estimate of drug-likeness (QED) is 0.218. The van der Waals surface area contributed by atoms with Gasteiger partial charge in [0.1, 0.15) is 0 Å². The zero-order valence-electron chi connectivity index (χ0n) is 10.0. The summed E-state index contributed by atoms with van der Waals surface area (Å²) in [5.41, 5.74) is 4.17. The predicted molar refractivity (Wildman–Crippen MR) is 58.3 cm³/mol. The minimum absolute atomic E-state index is 0.135. The van der Waals surface area contributed by atoms with Crippen LogP contribution in [-0.2, 0) is 23.9 Å². The number of esters is 2. The third kappa shape index (κ3) is 6.18. The van der Waals surface area contributed by atoms with Crippen LogP contribution in [0.25, 0.3) is 0 Å². The molecule has 0 atom stereocenters. The van der Waals surface area contributed by atoms with Crippen LogP contribution in [0.1, 0.15) is 20.8 Å². The predicted octanol–water partition coefficient (Wildman–Crippen LogP) is -0.363. The normalized spacial score (nSPS) is 8.88. The SMILES string of the molecule is CCOC(=O)C(=CNNC(C)=O)C(=O)OCC. The highest BCUT2D eigenvalue weighted by Gasteiger charge is 2.20. The van der Waals surface area contributed by atoms with E-state index >= 15 is 0 Å². The molecule has 0 bridgehead atoms. The minimum Gasteiger partial charge on any atom is -0.462 e. The molecule has 0 rings (SSSR count). The molecule has 0 aliphatic carbocycles. The highest BCUT2D eigenvalue weighted by Crippen LogP contribution is 2.00. The second-order valence-electron chi connectivity index (χ2n) is 2.82. The summed E-state index contributed by atoms with van der Waals surface area (Å²) in [5.74, 6) is -2.00. The van der Waals surface area contributed by atoms with Gasteiger partial charge < -0.3 is 14.9 Å². The second kappa shape index (κ2) is 8.14. The van der Waals surface area contributed by atoms with Gasteiger partial charge in [-0.1, -0.05) is 0 Å². The Kier molecular flexibility index (Phi) is 7.16. The first-order valence-electron chi connectivity index (χ1n) is 5.09. The van der Waals surface area contributed by atoms with Gasteiger partial charge in [-0.05, 0) is 13.8 Å². The molecule has 7 nitrogen and oxygen atoms in total. The van der Waals surface area contributed by atoms with E-state index in [1.165, 1.54) is 6.92 Å². The molecule has 2 N–H and O–H groups in total. The number of carbonyl (C=O) groups is 3. The average molecular weight is 244 g/mol. The van der Waals surface area contributed by atoms with E-state index in [0.717, 1.165) is 6.20 Å². The Labute approximate surface area is 99.1 Å². The smallest absolute Gasteiger partial charge is 0.347 e. The molecular formula is C10H16N2O5. The monoisotopic (exact) mass is 244 g/mol. The number of ether oxygens (including phenoxy) is 2. The summed E-state index contributed by atoms with van der Waals surface area (Å²) < 4.78 is 9.34. The summed E-state index contributed by atoms with van der Waals surface area (Å²) in [5, 5.41) is 0. The van der Waals surface area contributed by atoms with Gasteiger partial charge in [-0.15, -0.1) is 0 Å². The van der Waals surface area contributed by atoms with E-state index in [9.17, 15) is 14.4 Å². The Morgan fingerprint density at radius 1 is 1.06 bits per heavy atom. The number of nitrogens with one attached hydrogen (secondary N) is 2. The topological polar surface area (TPSA) is 93.7 Å². The first-order chi connectivity index (χ1) is 8.02. The number of carbonyl (C=O) groups excluding carboxylic acids is 3. The van der Waals surface area contributed by atoms with Crippen LogP contribution in [0.15, 0.2) is 11.8 Å². The first-order valence-corrected chi connectivity index (χ1v) is 5.09. The number of hydrogen-bond acceptors (Lipinski definition) is 6. The summed E-state index contributed by atoms with van der Waals surface area (Å²) >= 11 is 0. The third-order valence-electron chi connectivity index (χ3n) is 1.46. The van der Waals surface area contributed by atoms with Crippen molar-refractivity contribution >= 4 is 17.8 Å². The lowest BCUT2D eigenvalue weighted by Gasteiger charge is -2.07. The maximum atomic E-state index is 11.4. The van der Waals surface area contributed by atoms with E-state index in [2.05, 4.69) is 20.3 Å². The summed E-state index contributed by atoms with van der Waals surface area (Å²) in [6.07, 6.45) is 1.03. The van der Waals surface area contributed by atoms with Crippen molar-refractivity contribution in [2.45, 2.75) is 20.8 Å². The molecule has 0 radical (unpaired) electrons. The fourth-order valence-corrected chi connectivity index (χ4v) is 0.829. The minimum atomic E-state index is -0.816. The highest BCUT2D eigenvalue weighted by molar-refractivity contribution is 6.13. The van der Waals surface area contributed by atoms with E-state index in [-0.39, 0.29) is 24.7 Å². The Morgan fingerprint density at radius 3 is 1.88 bits per heavy atom. The summed E-state index contributed by atoms with van der Waals surface area (Å²) in [6.45, 7) is 4.77. The van der Waals surface area contributed by atoms with Gasteiger partial charge in [0, 0.05) is 13.1 Å². The van der Waals surface area contributed by atoms with Crippen LogP contribution < -0.4 is 10.9 Å². The van der Waals surface area contributed by atoms with Gasteiger partial charge in [0.2, 0.25) is 5.91 Å². The number of hydrogen-bond donors (Lipinski definition) is 2. The molecule has 0 aliphatic heterocycles. The van der Waals surface area contributed by atoms with E-state index in [4.69, 9.17) is 0 Å². The first kappa shape index (κ1) is 14.9. The van der Waals surface area contributed by atoms with Crippen molar-refractivity contribution in [2.75, 3.05) is 13.2 Å². The molecule has 1 amide bonds. The number of amides is 1. The zero-order valence-corrected chi connectivity index (χ0v) is 10.0. The largest absolute Gasteiger partial charge is 0.462 e. The molecule has 0 saturated carbocycles. The third-order valence-corrected chi connectivity index (χ3v) is 1.46. The van der Waals surface area contributed by atoms with Crippen LogP contribution in [0.4, 0.5) is 0 Å². The van der Waals surface area contributed by atoms with Gasteiger partial charge in [0.15, 0.2) is 5.57 Å². The Bertz CT molecular complexity index is 305. The molecule has 0 spiro atoms. The summed E-state index contributed by atoms with van der Waals surface area (Å²) in [4.78, 5) is 33.4. The van der Waals surface area contributed by atoms with E-state index < -0.39 is 11.9 Å². The fourth-order valence-electron chi connectivity index (χ4n) is 0.829. The van der Waals surface area contributed by atoms with Crippen molar-refractivity contribution < 1.29 is 23.9 Å².